The van der Waals surface area contributed by atoms with E-state index in [1.807, 2.05) is 0 Å². The number of nitrogens with zero attached hydrogens (tertiary/aromatic N) is 2. The number of hydrogen-bond acceptors (Lipinski definition) is 4. The van der Waals surface area contributed by atoms with Gasteiger partial charge in [0.15, 0.2) is 0 Å². The molecule has 13 heavy (non-hydrogen) atoms. The Morgan fingerprint density at radius 1 is 1.77 bits per heavy atom. The highest BCUT2D eigenvalue weighted by molar-refractivity contribution is 5.77. The van der Waals surface area contributed by atoms with Gasteiger partial charge in [-0.25, -0.2) is 4.79 Å². The van der Waals surface area contributed by atoms with Crippen molar-refractivity contribution in [2.45, 2.75) is 6.04 Å². The molecule has 5 nitrogen and oxygen atoms in total. The first kappa shape index (κ1) is 9.73. The van der Waals surface area contributed by atoms with Crippen LogP contribution in [0.1, 0.15) is 11.6 Å². The number of likely N-dealkylation sites (N-methyl/N-ethyl adjacent to an activating group) is 1. The molecule has 0 saturated heterocycles. The van der Waals surface area contributed by atoms with Crippen molar-refractivity contribution in [1.29, 1.82) is 0 Å². The minimum Gasteiger partial charge on any atom is -0.468 e. The van der Waals surface area contributed by atoms with Gasteiger partial charge in [0.2, 0.25) is 0 Å². The molecular weight excluding hydrogens is 170 g/mol. The number of hydrogen-bond donors (Lipinski definition) is 1. The summed E-state index contributed by atoms with van der Waals surface area (Å²) in [6.45, 7) is 0. The Morgan fingerprint density at radius 3 is 2.85 bits per heavy atom. The minimum absolute atomic E-state index is 0.310. The van der Waals surface area contributed by atoms with E-state index in [9.17, 15) is 4.79 Å². The summed E-state index contributed by atoms with van der Waals surface area (Å²) in [5.74, 6) is -0.310. The number of aromatic nitrogens is 2. The largest absolute Gasteiger partial charge is 0.468 e. The normalized spacial score (nSPS) is 12.5. The van der Waals surface area contributed by atoms with Gasteiger partial charge in [-0.2, -0.15) is 5.10 Å². The molecule has 1 rings (SSSR count). The van der Waals surface area contributed by atoms with Gasteiger partial charge in [-0.1, -0.05) is 0 Å². The number of carbonyl (C=O) groups excluding carboxylic acids is 1. The summed E-state index contributed by atoms with van der Waals surface area (Å²) < 4.78 is 6.27. The van der Waals surface area contributed by atoms with Gasteiger partial charge in [-0.15, -0.1) is 0 Å². The predicted molar refractivity (Wildman–Crippen MR) is 47.0 cm³/mol. The zero-order chi connectivity index (χ0) is 9.84. The Bertz CT molecular complexity index is 295. The summed E-state index contributed by atoms with van der Waals surface area (Å²) in [6, 6.07) is -0.432. The van der Waals surface area contributed by atoms with Crippen molar-refractivity contribution in [3.8, 4) is 0 Å². The molecule has 0 bridgehead atoms. The Kier molecular flexibility index (Phi) is 3.02. The molecule has 1 aromatic rings. The van der Waals surface area contributed by atoms with Gasteiger partial charge in [0, 0.05) is 18.8 Å². The highest BCUT2D eigenvalue weighted by atomic mass is 16.5. The van der Waals surface area contributed by atoms with Crippen molar-refractivity contribution in [2.75, 3.05) is 14.2 Å². The Morgan fingerprint density at radius 2 is 2.46 bits per heavy atom. The Balaban J connectivity index is 2.84. The Hall–Kier alpha value is -1.36. The van der Waals surface area contributed by atoms with Gasteiger partial charge < -0.3 is 10.1 Å². The summed E-state index contributed by atoms with van der Waals surface area (Å²) in [4.78, 5) is 11.2. The summed E-state index contributed by atoms with van der Waals surface area (Å²) >= 11 is 0. The van der Waals surface area contributed by atoms with Gasteiger partial charge >= 0.3 is 5.97 Å². The van der Waals surface area contributed by atoms with E-state index in [4.69, 9.17) is 0 Å². The molecule has 0 saturated carbocycles. The van der Waals surface area contributed by atoms with Crippen LogP contribution in [0.25, 0.3) is 0 Å². The first-order chi connectivity index (χ1) is 6.19. The van der Waals surface area contributed by atoms with Crippen LogP contribution in [0.2, 0.25) is 0 Å². The molecular formula is C8H13N3O2. The fraction of sp³-hybridized carbons (Fsp3) is 0.500. The van der Waals surface area contributed by atoms with Crippen molar-refractivity contribution in [3.05, 3.63) is 18.0 Å². The van der Waals surface area contributed by atoms with Crippen LogP contribution in [-0.2, 0) is 16.6 Å². The SMILES string of the molecule is CN[C@@H](C(=O)OC)c1cnn(C)c1. The smallest absolute Gasteiger partial charge is 0.327 e. The summed E-state index contributed by atoms with van der Waals surface area (Å²) in [7, 11) is 4.87. The van der Waals surface area contributed by atoms with E-state index < -0.39 is 6.04 Å². The van der Waals surface area contributed by atoms with Crippen molar-refractivity contribution in [2.24, 2.45) is 7.05 Å². The second kappa shape index (κ2) is 4.04. The lowest BCUT2D eigenvalue weighted by Crippen LogP contribution is -2.26. The number of aryl methyl sites for hydroxylation is 1. The average molecular weight is 183 g/mol. The lowest BCUT2D eigenvalue weighted by atomic mass is 10.2. The number of carbonyl (C=O) groups is 1. The van der Waals surface area contributed by atoms with Gasteiger partial charge in [0.05, 0.1) is 13.3 Å². The molecule has 1 aromatic heterocycles. The zero-order valence-corrected chi connectivity index (χ0v) is 7.94. The zero-order valence-electron chi connectivity index (χ0n) is 7.94. The lowest BCUT2D eigenvalue weighted by Gasteiger charge is -2.10. The average Bonchev–Trinajstić information content (AvgIpc) is 2.53. The van der Waals surface area contributed by atoms with Crippen molar-refractivity contribution < 1.29 is 9.53 Å². The molecule has 0 amide bonds. The van der Waals surface area contributed by atoms with E-state index >= 15 is 0 Å². The lowest BCUT2D eigenvalue weighted by molar-refractivity contribution is -0.143. The second-order valence-corrected chi connectivity index (χ2v) is 2.69. The molecule has 0 fully saturated rings. The molecule has 0 aliphatic rings. The van der Waals surface area contributed by atoms with Crippen LogP contribution < -0.4 is 5.32 Å². The number of esters is 1. The second-order valence-electron chi connectivity index (χ2n) is 2.69. The maximum Gasteiger partial charge on any atom is 0.327 e. The van der Waals surface area contributed by atoms with E-state index in [1.54, 1.807) is 31.2 Å². The minimum atomic E-state index is -0.432. The fourth-order valence-corrected chi connectivity index (χ4v) is 1.13. The molecule has 0 aliphatic carbocycles. The highest BCUT2D eigenvalue weighted by Crippen LogP contribution is 2.11. The van der Waals surface area contributed by atoms with Gasteiger partial charge in [-0.3, -0.25) is 4.68 Å². The van der Waals surface area contributed by atoms with Gasteiger partial charge in [0.1, 0.15) is 6.04 Å². The first-order valence-corrected chi connectivity index (χ1v) is 3.92. The maximum atomic E-state index is 11.2. The van der Waals surface area contributed by atoms with Crippen LogP contribution in [0.4, 0.5) is 0 Å². The highest BCUT2D eigenvalue weighted by Gasteiger charge is 2.20. The molecule has 1 heterocycles. The van der Waals surface area contributed by atoms with E-state index in [-0.39, 0.29) is 5.97 Å². The Labute approximate surface area is 76.7 Å². The third-order valence-electron chi connectivity index (χ3n) is 1.78. The molecule has 72 valence electrons. The monoisotopic (exact) mass is 183 g/mol. The fourth-order valence-electron chi connectivity index (χ4n) is 1.13. The van der Waals surface area contributed by atoms with Crippen LogP contribution in [0.3, 0.4) is 0 Å². The molecule has 1 N–H and O–H groups in total. The van der Waals surface area contributed by atoms with E-state index in [0.717, 1.165) is 5.56 Å². The molecule has 1 atom stereocenters. The quantitative estimate of drug-likeness (QED) is 0.662. The number of nitrogens with one attached hydrogen (secondary N) is 1. The van der Waals surface area contributed by atoms with E-state index in [0.29, 0.717) is 0 Å². The molecule has 5 heteroatoms. The third kappa shape index (κ3) is 2.06. The molecule has 0 unspecified atom stereocenters. The van der Waals surface area contributed by atoms with Crippen LogP contribution in [0.5, 0.6) is 0 Å². The molecule has 0 aromatic carbocycles. The van der Waals surface area contributed by atoms with E-state index in [2.05, 4.69) is 15.2 Å². The van der Waals surface area contributed by atoms with Crippen LogP contribution in [-0.4, -0.2) is 29.9 Å². The number of methoxy groups -OCH3 is 1. The van der Waals surface area contributed by atoms with Crippen molar-refractivity contribution in [1.82, 2.24) is 15.1 Å². The van der Waals surface area contributed by atoms with Crippen molar-refractivity contribution in [3.63, 3.8) is 0 Å². The molecule has 0 radical (unpaired) electrons. The molecule has 0 aliphatic heterocycles. The topological polar surface area (TPSA) is 56.1 Å². The van der Waals surface area contributed by atoms with Crippen LogP contribution in [0.15, 0.2) is 12.4 Å². The van der Waals surface area contributed by atoms with Crippen molar-refractivity contribution >= 4 is 5.97 Å². The summed E-state index contributed by atoms with van der Waals surface area (Å²) in [5, 5.41) is 6.83. The van der Waals surface area contributed by atoms with E-state index in [1.165, 1.54) is 7.11 Å². The van der Waals surface area contributed by atoms with Gasteiger partial charge in [-0.05, 0) is 7.05 Å². The third-order valence-corrected chi connectivity index (χ3v) is 1.78. The number of rotatable bonds is 3. The van der Waals surface area contributed by atoms with Crippen LogP contribution in [0, 0.1) is 0 Å². The predicted octanol–water partition coefficient (Wildman–Crippen LogP) is -0.146. The first-order valence-electron chi connectivity index (χ1n) is 3.92. The van der Waals surface area contributed by atoms with Crippen LogP contribution >= 0.6 is 0 Å². The molecule has 0 spiro atoms. The number of ether oxygens (including phenoxy) is 1. The maximum absolute atomic E-state index is 11.2. The summed E-state index contributed by atoms with van der Waals surface area (Å²) in [5.41, 5.74) is 0.803. The van der Waals surface area contributed by atoms with Gasteiger partial charge in [0.25, 0.3) is 0 Å². The summed E-state index contributed by atoms with van der Waals surface area (Å²) in [6.07, 6.45) is 3.41. The standard InChI is InChI=1S/C8H13N3O2/c1-9-7(8(12)13-3)6-4-10-11(2)5-6/h4-5,7,9H,1-3H3/t7-/m1/s1.